The van der Waals surface area contributed by atoms with Crippen molar-refractivity contribution < 1.29 is 4.79 Å². The van der Waals surface area contributed by atoms with E-state index in [1.807, 2.05) is 42.5 Å². The van der Waals surface area contributed by atoms with E-state index < -0.39 is 5.66 Å². The lowest BCUT2D eigenvalue weighted by atomic mass is 9.72. The third kappa shape index (κ3) is 5.33. The summed E-state index contributed by atoms with van der Waals surface area (Å²) in [5.74, 6) is 0.154. The number of nitrogens with two attached hydrogens (primary N) is 1. The zero-order chi connectivity index (χ0) is 23.3. The Balaban J connectivity index is 1.60. The number of nitrogens with one attached hydrogen (secondary N) is 2. The van der Waals surface area contributed by atoms with Crippen molar-refractivity contribution in [3.05, 3.63) is 108 Å². The van der Waals surface area contributed by atoms with E-state index in [1.54, 1.807) is 0 Å². The Kier molecular flexibility index (Phi) is 7.23. The van der Waals surface area contributed by atoms with Crippen LogP contribution in [0.1, 0.15) is 33.8 Å². The zero-order valence-electron chi connectivity index (χ0n) is 19.4. The van der Waals surface area contributed by atoms with Gasteiger partial charge in [0.15, 0.2) is 0 Å². The van der Waals surface area contributed by atoms with Crippen LogP contribution in [0.25, 0.3) is 0 Å². The smallest absolute Gasteiger partial charge is 0.251 e. The molecule has 0 bridgehead atoms. The van der Waals surface area contributed by atoms with Gasteiger partial charge in [-0.15, -0.1) is 0 Å². The molecule has 1 aliphatic rings. The van der Waals surface area contributed by atoms with Crippen LogP contribution < -0.4 is 16.4 Å². The fraction of sp³-hybridized carbons (Fsp3) is 0.321. The first-order valence-electron chi connectivity index (χ1n) is 11.6. The summed E-state index contributed by atoms with van der Waals surface area (Å²) >= 11 is 0. The van der Waals surface area contributed by atoms with Crippen LogP contribution in [0, 0.1) is 5.92 Å². The van der Waals surface area contributed by atoms with E-state index in [9.17, 15) is 4.79 Å². The molecule has 4 rings (SSSR count). The number of hydrogen-bond donors (Lipinski definition) is 3. The van der Waals surface area contributed by atoms with Gasteiger partial charge in [-0.2, -0.15) is 0 Å². The minimum absolute atomic E-state index is 0.00432. The Labute approximate surface area is 197 Å². The van der Waals surface area contributed by atoms with Gasteiger partial charge in [0.2, 0.25) is 0 Å². The summed E-state index contributed by atoms with van der Waals surface area (Å²) in [4.78, 5) is 15.0. The maximum atomic E-state index is 12.7. The topological polar surface area (TPSA) is 70.4 Å². The van der Waals surface area contributed by atoms with E-state index in [0.29, 0.717) is 12.1 Å². The molecule has 1 amide bonds. The predicted molar refractivity (Wildman–Crippen MR) is 134 cm³/mol. The van der Waals surface area contributed by atoms with Gasteiger partial charge >= 0.3 is 0 Å². The second-order valence-electron chi connectivity index (χ2n) is 9.25. The molecule has 0 radical (unpaired) electrons. The van der Waals surface area contributed by atoms with E-state index >= 15 is 0 Å². The monoisotopic (exact) mass is 442 g/mol. The molecule has 0 spiro atoms. The fourth-order valence-electron chi connectivity index (χ4n) is 5.13. The summed E-state index contributed by atoms with van der Waals surface area (Å²) in [5, 5.41) is 6.86. The molecule has 1 heterocycles. The van der Waals surface area contributed by atoms with Crippen molar-refractivity contribution in [2.45, 2.75) is 24.0 Å². The van der Waals surface area contributed by atoms with Gasteiger partial charge in [0, 0.05) is 30.6 Å². The Morgan fingerprint density at radius 2 is 1.48 bits per heavy atom. The van der Waals surface area contributed by atoms with Crippen molar-refractivity contribution in [1.82, 2.24) is 15.5 Å². The lowest BCUT2D eigenvalue weighted by Crippen LogP contribution is -2.68. The summed E-state index contributed by atoms with van der Waals surface area (Å²) in [5.41, 5.74) is 9.61. The number of benzene rings is 3. The molecule has 3 aromatic carbocycles. The lowest BCUT2D eigenvalue weighted by molar-refractivity contribution is 0.0793. The molecule has 3 atom stereocenters. The molecule has 5 nitrogen and oxygen atoms in total. The number of amides is 1. The van der Waals surface area contributed by atoms with E-state index in [2.05, 4.69) is 78.2 Å². The first-order valence-corrected chi connectivity index (χ1v) is 11.6. The van der Waals surface area contributed by atoms with Gasteiger partial charge in [-0.25, -0.2) is 0 Å². The minimum atomic E-state index is -0.642. The molecule has 1 fully saturated rings. The highest BCUT2D eigenvalue weighted by molar-refractivity contribution is 5.94. The van der Waals surface area contributed by atoms with Crippen LogP contribution in [0.3, 0.4) is 0 Å². The number of piperidine rings is 1. The number of nitrogens with zero attached hydrogens (tertiary/aromatic N) is 1. The van der Waals surface area contributed by atoms with Crippen molar-refractivity contribution in [3.63, 3.8) is 0 Å². The van der Waals surface area contributed by atoms with Crippen molar-refractivity contribution in [1.29, 1.82) is 0 Å². The van der Waals surface area contributed by atoms with Gasteiger partial charge in [-0.05, 0) is 49.7 Å². The molecule has 1 aliphatic heterocycles. The van der Waals surface area contributed by atoms with Gasteiger partial charge < -0.3 is 16.0 Å². The Bertz CT molecular complexity index is 986. The van der Waals surface area contributed by atoms with Crippen LogP contribution in [-0.4, -0.2) is 49.7 Å². The van der Waals surface area contributed by atoms with Gasteiger partial charge in [0.1, 0.15) is 0 Å². The normalized spacial score (nSPS) is 22.9. The summed E-state index contributed by atoms with van der Waals surface area (Å²) in [7, 11) is 4.18. The van der Waals surface area contributed by atoms with Crippen LogP contribution in [0.5, 0.6) is 0 Å². The molecule has 1 saturated heterocycles. The van der Waals surface area contributed by atoms with E-state index in [1.165, 1.54) is 11.1 Å². The van der Waals surface area contributed by atoms with E-state index in [-0.39, 0.29) is 23.8 Å². The van der Waals surface area contributed by atoms with Crippen LogP contribution >= 0.6 is 0 Å². The van der Waals surface area contributed by atoms with Gasteiger partial charge in [-0.3, -0.25) is 10.1 Å². The third-order valence-corrected chi connectivity index (χ3v) is 6.79. The van der Waals surface area contributed by atoms with Crippen molar-refractivity contribution in [3.8, 4) is 0 Å². The Morgan fingerprint density at radius 1 is 0.970 bits per heavy atom. The van der Waals surface area contributed by atoms with Crippen molar-refractivity contribution in [2.75, 3.05) is 27.2 Å². The second-order valence-corrected chi connectivity index (χ2v) is 9.25. The number of carbonyl (C=O) groups excluding carboxylic acids is 1. The van der Waals surface area contributed by atoms with E-state index in [4.69, 9.17) is 5.73 Å². The molecule has 0 aromatic heterocycles. The summed E-state index contributed by atoms with van der Waals surface area (Å²) < 4.78 is 0. The average Bonchev–Trinajstić information content (AvgIpc) is 2.84. The molecule has 0 aliphatic carbocycles. The van der Waals surface area contributed by atoms with Gasteiger partial charge in [0.25, 0.3) is 5.91 Å². The summed E-state index contributed by atoms with van der Waals surface area (Å²) in [6, 6.07) is 30.6. The van der Waals surface area contributed by atoms with Gasteiger partial charge in [-0.1, -0.05) is 78.9 Å². The van der Waals surface area contributed by atoms with Gasteiger partial charge in [0.05, 0.1) is 5.66 Å². The molecule has 5 heteroatoms. The molecular formula is C28H34N4O. The van der Waals surface area contributed by atoms with Crippen molar-refractivity contribution in [2.24, 2.45) is 11.7 Å². The number of rotatable bonds is 7. The largest absolute Gasteiger partial charge is 0.352 e. The second kappa shape index (κ2) is 10.3. The number of hydrogen-bond acceptors (Lipinski definition) is 4. The standard InChI is InChI=1S/C28H34N4O/c1-32(2)25-20-31-28(29,18-24(25)19-30-27(33)23-16-10-5-11-17-23)26(21-12-6-3-7-13-21)22-14-8-4-9-15-22/h3-17,24-26,31H,18-20,29H2,1-2H3,(H,30,33). The first-order chi connectivity index (χ1) is 16.0. The predicted octanol–water partition coefficient (Wildman–Crippen LogP) is 3.44. The molecule has 3 unspecified atom stereocenters. The highest BCUT2D eigenvalue weighted by atomic mass is 16.1. The van der Waals surface area contributed by atoms with Crippen LogP contribution in [-0.2, 0) is 0 Å². The molecule has 0 saturated carbocycles. The SMILES string of the molecule is CN(C)C1CNC(N)(C(c2ccccc2)c2ccccc2)CC1CNC(=O)c1ccccc1. The van der Waals surface area contributed by atoms with Crippen LogP contribution in [0.4, 0.5) is 0 Å². The first kappa shape index (κ1) is 23.2. The Morgan fingerprint density at radius 3 is 2.00 bits per heavy atom. The quantitative estimate of drug-likeness (QED) is 0.524. The molecule has 33 heavy (non-hydrogen) atoms. The van der Waals surface area contributed by atoms with Crippen LogP contribution in [0.2, 0.25) is 0 Å². The maximum Gasteiger partial charge on any atom is 0.251 e. The molecule has 172 valence electrons. The highest BCUT2D eigenvalue weighted by Crippen LogP contribution is 2.38. The fourth-order valence-corrected chi connectivity index (χ4v) is 5.13. The number of likely N-dealkylation sites (N-methyl/N-ethyl adjacent to an activating group) is 1. The Hall–Kier alpha value is -2.99. The average molecular weight is 443 g/mol. The lowest BCUT2D eigenvalue weighted by Gasteiger charge is -2.49. The summed E-state index contributed by atoms with van der Waals surface area (Å²) in [6.45, 7) is 1.33. The molecule has 3 aromatic rings. The van der Waals surface area contributed by atoms with Crippen LogP contribution in [0.15, 0.2) is 91.0 Å². The zero-order valence-corrected chi connectivity index (χ0v) is 19.4. The third-order valence-electron chi connectivity index (χ3n) is 6.79. The maximum absolute atomic E-state index is 12.7. The highest BCUT2D eigenvalue weighted by Gasteiger charge is 2.44. The molecule has 4 N–H and O–H groups in total. The van der Waals surface area contributed by atoms with E-state index in [0.717, 1.165) is 13.0 Å². The number of carbonyl (C=O) groups is 1. The summed E-state index contributed by atoms with van der Waals surface area (Å²) in [6.07, 6.45) is 0.735. The molecular weight excluding hydrogens is 408 g/mol. The van der Waals surface area contributed by atoms with Crippen molar-refractivity contribution >= 4 is 5.91 Å². The minimum Gasteiger partial charge on any atom is -0.352 e.